The van der Waals surface area contributed by atoms with Gasteiger partial charge in [-0.1, -0.05) is 35.9 Å². The number of hydrogen-bond donors (Lipinski definition) is 5. The number of nitrogens with zero attached hydrogens (tertiary/aromatic N) is 3. The molecule has 3 fully saturated rings. The van der Waals surface area contributed by atoms with Gasteiger partial charge in [-0.15, -0.1) is 0 Å². The first-order valence-electron chi connectivity index (χ1n) is 19.6. The van der Waals surface area contributed by atoms with E-state index in [1.54, 1.807) is 0 Å². The summed E-state index contributed by atoms with van der Waals surface area (Å²) in [5.74, 6) is 4.83. The van der Waals surface area contributed by atoms with Crippen molar-refractivity contribution in [1.82, 2.24) is 25.9 Å². The van der Waals surface area contributed by atoms with Gasteiger partial charge in [0.2, 0.25) is 0 Å². The molecule has 7 N–H and O–H groups in total. The smallest absolute Gasteiger partial charge is 0.274 e. The summed E-state index contributed by atoms with van der Waals surface area (Å²) >= 11 is 9.80. The molecule has 3 amide bonds. The average molecular weight is 827 g/mol. The topological polar surface area (TPSA) is 184 Å². The minimum Gasteiger partial charge on any atom is -0.484 e. The number of aryl methyl sites for hydroxylation is 2. The fraction of sp³-hybridized carbons (Fsp3) is 0.525. The van der Waals surface area contributed by atoms with Crippen LogP contribution in [0, 0.1) is 0 Å². The minimum absolute atomic E-state index is 0.0130. The number of ether oxygens (including phenoxy) is 2. The minimum atomic E-state index is -0.406. The maximum absolute atomic E-state index is 13.3. The number of anilines is 2. The summed E-state index contributed by atoms with van der Waals surface area (Å²) in [5, 5.41) is 9.20. The van der Waals surface area contributed by atoms with Crippen LogP contribution in [0.1, 0.15) is 60.1 Å². The van der Waals surface area contributed by atoms with Crippen molar-refractivity contribution in [3.63, 3.8) is 0 Å². The molecule has 302 valence electrons. The first-order valence-corrected chi connectivity index (χ1v) is 22.2. The Kier molecular flexibility index (Phi) is 15.3. The lowest BCUT2D eigenvalue weighted by molar-refractivity contribution is -0.933. The van der Waals surface area contributed by atoms with Crippen molar-refractivity contribution >= 4 is 64.5 Å². The highest BCUT2D eigenvalue weighted by Crippen LogP contribution is 2.25. The lowest BCUT2D eigenvalue weighted by Gasteiger charge is -2.45. The first kappa shape index (κ1) is 41.7. The molecule has 0 radical (unpaired) electrons. The molecular formula is C40H54ClN8O5S2+. The number of quaternary nitrogens is 1. The number of rotatable bonds is 18. The Morgan fingerprint density at radius 3 is 1.77 bits per heavy atom. The number of likely N-dealkylation sites (tertiary alicyclic amines) is 1. The summed E-state index contributed by atoms with van der Waals surface area (Å²) in [4.78, 5) is 46.0. The number of carbonyl (C=O) groups is 3. The summed E-state index contributed by atoms with van der Waals surface area (Å²) in [6, 6.07) is 16.4. The Morgan fingerprint density at radius 1 is 0.732 bits per heavy atom. The second-order valence-corrected chi connectivity index (χ2v) is 17.6. The summed E-state index contributed by atoms with van der Waals surface area (Å²) in [6.45, 7) is 3.73. The molecule has 3 atom stereocenters. The lowest BCUT2D eigenvalue weighted by Crippen LogP contribution is -2.60. The zero-order chi connectivity index (χ0) is 39.3. The van der Waals surface area contributed by atoms with E-state index in [2.05, 4.69) is 50.2 Å². The Bertz CT molecular complexity index is 1690. The van der Waals surface area contributed by atoms with E-state index < -0.39 is 5.91 Å². The van der Waals surface area contributed by atoms with Crippen LogP contribution in [0.2, 0.25) is 5.15 Å². The van der Waals surface area contributed by atoms with Crippen LogP contribution in [0.5, 0.6) is 11.5 Å². The molecule has 16 heteroatoms. The molecule has 4 heterocycles. The average Bonchev–Trinajstić information content (AvgIpc) is 3.91. The van der Waals surface area contributed by atoms with Crippen LogP contribution in [-0.4, -0.2) is 113 Å². The van der Waals surface area contributed by atoms with Gasteiger partial charge in [-0.3, -0.25) is 14.4 Å². The van der Waals surface area contributed by atoms with Gasteiger partial charge >= 0.3 is 0 Å². The fourth-order valence-corrected chi connectivity index (χ4v) is 10.1. The Balaban J connectivity index is 1.02. The molecule has 3 unspecified atom stereocenters. The van der Waals surface area contributed by atoms with Crippen molar-refractivity contribution in [3.05, 3.63) is 70.5 Å². The third-order valence-electron chi connectivity index (χ3n) is 10.6. The van der Waals surface area contributed by atoms with Crippen LogP contribution >= 0.6 is 35.1 Å². The zero-order valence-corrected chi connectivity index (χ0v) is 34.2. The van der Waals surface area contributed by atoms with Crippen molar-refractivity contribution < 1.29 is 28.3 Å². The van der Waals surface area contributed by atoms with Gasteiger partial charge in [0.25, 0.3) is 17.7 Å². The van der Waals surface area contributed by atoms with E-state index in [0.717, 1.165) is 105 Å². The second-order valence-electron chi connectivity index (χ2n) is 15.0. The van der Waals surface area contributed by atoms with Crippen molar-refractivity contribution in [2.45, 2.75) is 69.5 Å². The van der Waals surface area contributed by atoms with Gasteiger partial charge in [0.15, 0.2) is 35.7 Å². The van der Waals surface area contributed by atoms with Crippen LogP contribution in [0.25, 0.3) is 0 Å². The van der Waals surface area contributed by atoms with Gasteiger partial charge < -0.3 is 41.4 Å². The molecule has 3 aliphatic heterocycles. The maximum atomic E-state index is 13.3. The van der Waals surface area contributed by atoms with Gasteiger partial charge in [0, 0.05) is 36.4 Å². The number of nitrogen functional groups attached to an aromatic ring is 2. The maximum Gasteiger partial charge on any atom is 0.274 e. The number of hydrogen-bond acceptors (Lipinski definition) is 11. The Labute approximate surface area is 342 Å². The highest BCUT2D eigenvalue weighted by molar-refractivity contribution is 7.99. The number of benzene rings is 2. The van der Waals surface area contributed by atoms with Crippen LogP contribution < -0.4 is 36.9 Å². The lowest BCUT2D eigenvalue weighted by atomic mass is 9.99. The number of thioether (sulfide) groups is 2. The van der Waals surface area contributed by atoms with Crippen LogP contribution in [-0.2, 0) is 22.4 Å². The molecule has 56 heavy (non-hydrogen) atoms. The summed E-state index contributed by atoms with van der Waals surface area (Å²) in [6.07, 6.45) is 7.56. The molecule has 0 spiro atoms. The van der Waals surface area contributed by atoms with E-state index in [0.29, 0.717) is 11.5 Å². The number of aromatic nitrogens is 2. The largest absolute Gasteiger partial charge is 0.484 e. The number of halogens is 1. The molecule has 13 nitrogen and oxygen atoms in total. The van der Waals surface area contributed by atoms with Gasteiger partial charge in [-0.2, -0.15) is 23.5 Å². The number of amides is 3. The van der Waals surface area contributed by atoms with Crippen molar-refractivity contribution in [3.8, 4) is 11.5 Å². The van der Waals surface area contributed by atoms with Crippen LogP contribution in [0.15, 0.2) is 48.5 Å². The van der Waals surface area contributed by atoms with Crippen LogP contribution in [0.3, 0.4) is 0 Å². The molecule has 0 bridgehead atoms. The molecule has 1 aromatic heterocycles. The summed E-state index contributed by atoms with van der Waals surface area (Å²) in [7, 11) is 0. The molecule has 3 aliphatic rings. The standard InChI is InChI=1S/C40H53ClN8O5S2/c41-37-39(43)48-38(42)36(47-37)40(52)46-29-6-3-19-49(22-29,17-1-4-27-7-11-32(12-8-27)53-23-34(50)44-30-15-20-55-25-30)18-2-5-28-9-13-33(14-10-28)54-24-35(51)45-31-16-21-56-26-31/h7-14,29-31H,1-6,15-26H2,(H6-,42,43,44,45,46,48,50,51,52)/p+1. The van der Waals surface area contributed by atoms with Crippen molar-refractivity contribution in [2.24, 2.45) is 0 Å². The molecule has 6 rings (SSSR count). The molecule has 2 aromatic carbocycles. The van der Waals surface area contributed by atoms with E-state index in [4.69, 9.17) is 32.5 Å². The number of piperidine rings is 1. The van der Waals surface area contributed by atoms with Gasteiger partial charge in [0.1, 0.15) is 11.5 Å². The number of nitrogens with one attached hydrogen (secondary N) is 3. The normalized spacial score (nSPS) is 22.0. The second kappa shape index (κ2) is 20.5. The molecular weight excluding hydrogens is 772 g/mol. The van der Waals surface area contributed by atoms with Gasteiger partial charge in [0.05, 0.1) is 32.2 Å². The van der Waals surface area contributed by atoms with Crippen molar-refractivity contribution in [2.75, 3.05) is 73.9 Å². The summed E-state index contributed by atoms with van der Waals surface area (Å²) in [5.41, 5.74) is 14.1. The van der Waals surface area contributed by atoms with E-state index >= 15 is 0 Å². The molecule has 3 saturated heterocycles. The Hall–Kier alpha value is -3.92. The van der Waals surface area contributed by atoms with Crippen molar-refractivity contribution in [1.29, 1.82) is 0 Å². The third kappa shape index (κ3) is 12.5. The highest BCUT2D eigenvalue weighted by Gasteiger charge is 2.36. The van der Waals surface area contributed by atoms with Gasteiger partial charge in [-0.25, -0.2) is 9.97 Å². The highest BCUT2D eigenvalue weighted by atomic mass is 35.5. The van der Waals surface area contributed by atoms with E-state index in [-0.39, 0.29) is 65.6 Å². The molecule has 0 saturated carbocycles. The monoisotopic (exact) mass is 825 g/mol. The summed E-state index contributed by atoms with van der Waals surface area (Å²) < 4.78 is 12.4. The first-order chi connectivity index (χ1) is 27.1. The van der Waals surface area contributed by atoms with Crippen LogP contribution in [0.4, 0.5) is 11.6 Å². The van der Waals surface area contributed by atoms with E-state index in [1.807, 2.05) is 47.8 Å². The molecule has 3 aromatic rings. The fourth-order valence-electron chi connectivity index (χ4n) is 7.70. The zero-order valence-electron chi connectivity index (χ0n) is 31.8. The molecule has 0 aliphatic carbocycles. The third-order valence-corrected chi connectivity index (χ3v) is 13.2. The number of carbonyl (C=O) groups excluding carboxylic acids is 3. The van der Waals surface area contributed by atoms with E-state index in [1.165, 1.54) is 11.1 Å². The predicted molar refractivity (Wildman–Crippen MR) is 224 cm³/mol. The quantitative estimate of drug-likeness (QED) is 0.116. The number of nitrogens with two attached hydrogens (primary N) is 2. The van der Waals surface area contributed by atoms with E-state index in [9.17, 15) is 14.4 Å². The SMILES string of the molecule is Nc1nc(N)c(C(=O)NC2CCC[N+](CCCc3ccc(OCC(=O)NC4CCSC4)cc3)(CCCc3ccc(OCC(=O)NC4CCSC4)cc3)C2)nc1Cl. The van der Waals surface area contributed by atoms with Gasteiger partial charge in [-0.05, 0) is 85.4 Å². The predicted octanol–water partition coefficient (Wildman–Crippen LogP) is 4.27. The Morgan fingerprint density at radius 2 is 1.27 bits per heavy atom.